The second-order valence-corrected chi connectivity index (χ2v) is 7.83. The fourth-order valence-electron chi connectivity index (χ4n) is 5.26. The lowest BCUT2D eigenvalue weighted by atomic mass is 9.74. The molecular formula is C18H34N2. The predicted molar refractivity (Wildman–Crippen MR) is 85.9 cm³/mol. The van der Waals surface area contributed by atoms with Crippen LogP contribution in [0.4, 0.5) is 0 Å². The third-order valence-corrected chi connectivity index (χ3v) is 6.52. The number of hydrogen-bond donors (Lipinski definition) is 1. The molecule has 2 aliphatic heterocycles. The molecule has 5 atom stereocenters. The van der Waals surface area contributed by atoms with Crippen molar-refractivity contribution < 1.29 is 0 Å². The second-order valence-electron chi connectivity index (χ2n) is 7.83. The molecule has 3 rings (SSSR count). The van der Waals surface area contributed by atoms with Crippen LogP contribution in [-0.4, -0.2) is 35.6 Å². The van der Waals surface area contributed by atoms with E-state index >= 15 is 0 Å². The molecule has 2 heteroatoms. The molecule has 0 aromatic carbocycles. The Kier molecular flexibility index (Phi) is 4.72. The highest BCUT2D eigenvalue weighted by Crippen LogP contribution is 2.41. The lowest BCUT2D eigenvalue weighted by Crippen LogP contribution is -2.60. The Morgan fingerprint density at radius 1 is 0.850 bits per heavy atom. The minimum Gasteiger partial charge on any atom is -0.314 e. The zero-order valence-electron chi connectivity index (χ0n) is 13.8. The lowest BCUT2D eigenvalue weighted by molar-refractivity contribution is -0.0335. The first-order valence-electron chi connectivity index (χ1n) is 9.19. The monoisotopic (exact) mass is 278 g/mol. The average Bonchev–Trinajstić information content (AvgIpc) is 2.41. The van der Waals surface area contributed by atoms with Gasteiger partial charge in [-0.05, 0) is 63.3 Å². The molecule has 1 saturated carbocycles. The van der Waals surface area contributed by atoms with E-state index in [2.05, 4.69) is 31.0 Å². The van der Waals surface area contributed by atoms with Crippen LogP contribution in [0.25, 0.3) is 0 Å². The molecule has 5 unspecified atom stereocenters. The fraction of sp³-hybridized carbons (Fsp3) is 1.00. The molecule has 0 spiro atoms. The van der Waals surface area contributed by atoms with E-state index in [1.54, 1.807) is 0 Å². The molecule has 2 heterocycles. The molecule has 2 nitrogen and oxygen atoms in total. The van der Waals surface area contributed by atoms with Crippen molar-refractivity contribution in [2.24, 2.45) is 11.8 Å². The molecule has 2 bridgehead atoms. The first-order valence-corrected chi connectivity index (χ1v) is 9.19. The summed E-state index contributed by atoms with van der Waals surface area (Å²) in [5.41, 5.74) is 0. The maximum Gasteiger partial charge on any atom is 0.0116 e. The third-order valence-electron chi connectivity index (χ3n) is 6.52. The van der Waals surface area contributed by atoms with Crippen molar-refractivity contribution in [2.75, 3.05) is 6.54 Å². The summed E-state index contributed by atoms with van der Waals surface area (Å²) in [6.07, 6.45) is 11.6. The lowest BCUT2D eigenvalue weighted by Gasteiger charge is -2.54. The van der Waals surface area contributed by atoms with E-state index in [0.717, 1.165) is 42.5 Å². The quantitative estimate of drug-likeness (QED) is 0.844. The van der Waals surface area contributed by atoms with Gasteiger partial charge >= 0.3 is 0 Å². The highest BCUT2D eigenvalue weighted by Gasteiger charge is 2.42. The molecular weight excluding hydrogens is 244 g/mol. The summed E-state index contributed by atoms with van der Waals surface area (Å²) in [6, 6.07) is 3.47. The van der Waals surface area contributed by atoms with Gasteiger partial charge in [0.1, 0.15) is 0 Å². The van der Waals surface area contributed by atoms with Gasteiger partial charge in [-0.15, -0.1) is 0 Å². The molecule has 3 aliphatic rings. The maximum atomic E-state index is 3.73. The van der Waals surface area contributed by atoms with Gasteiger partial charge in [0.25, 0.3) is 0 Å². The Bertz CT molecular complexity index is 303. The van der Waals surface area contributed by atoms with Crippen LogP contribution in [-0.2, 0) is 0 Å². The minimum absolute atomic E-state index is 0.798. The standard InChI is InChI=1S/C18H34N2/c1-4-19-15-11-16-6-5-7-17(12-15)20(16)18-9-8-13(2)14(3)10-18/h13-19H,4-12H2,1-3H3. The first kappa shape index (κ1) is 14.8. The summed E-state index contributed by atoms with van der Waals surface area (Å²) in [5, 5.41) is 3.73. The smallest absolute Gasteiger partial charge is 0.0116 e. The zero-order chi connectivity index (χ0) is 14.1. The largest absolute Gasteiger partial charge is 0.314 e. The van der Waals surface area contributed by atoms with Crippen molar-refractivity contribution in [1.29, 1.82) is 0 Å². The number of nitrogens with one attached hydrogen (secondary N) is 1. The summed E-state index contributed by atoms with van der Waals surface area (Å²) in [7, 11) is 0. The summed E-state index contributed by atoms with van der Waals surface area (Å²) in [5.74, 6) is 1.88. The van der Waals surface area contributed by atoms with Crippen molar-refractivity contribution in [2.45, 2.75) is 96.3 Å². The molecule has 1 aliphatic carbocycles. The van der Waals surface area contributed by atoms with E-state index in [0.29, 0.717) is 0 Å². The first-order chi connectivity index (χ1) is 9.69. The molecule has 0 aromatic heterocycles. The molecule has 116 valence electrons. The van der Waals surface area contributed by atoms with Gasteiger partial charge in [0.05, 0.1) is 0 Å². The predicted octanol–water partition coefficient (Wildman–Crippen LogP) is 3.81. The Morgan fingerprint density at radius 3 is 2.10 bits per heavy atom. The van der Waals surface area contributed by atoms with Crippen molar-refractivity contribution in [3.05, 3.63) is 0 Å². The summed E-state index contributed by atoms with van der Waals surface area (Å²) < 4.78 is 0. The van der Waals surface area contributed by atoms with E-state index in [1.807, 2.05) is 0 Å². The highest BCUT2D eigenvalue weighted by molar-refractivity contribution is 4.99. The molecule has 3 fully saturated rings. The highest BCUT2D eigenvalue weighted by atomic mass is 15.2. The second kappa shape index (κ2) is 6.36. The van der Waals surface area contributed by atoms with Crippen LogP contribution in [0.5, 0.6) is 0 Å². The summed E-state index contributed by atoms with van der Waals surface area (Å²) >= 11 is 0. The number of fused-ring (bicyclic) bond motifs is 2. The topological polar surface area (TPSA) is 15.3 Å². The van der Waals surface area contributed by atoms with Crippen LogP contribution >= 0.6 is 0 Å². The maximum absolute atomic E-state index is 3.73. The Balaban J connectivity index is 1.67. The van der Waals surface area contributed by atoms with E-state index in [1.165, 1.54) is 51.4 Å². The van der Waals surface area contributed by atoms with E-state index < -0.39 is 0 Å². The van der Waals surface area contributed by atoms with Gasteiger partial charge in [0.2, 0.25) is 0 Å². The third kappa shape index (κ3) is 2.92. The van der Waals surface area contributed by atoms with Crippen LogP contribution < -0.4 is 5.32 Å². The molecule has 2 saturated heterocycles. The normalized spacial score (nSPS) is 46.4. The van der Waals surface area contributed by atoms with Gasteiger partial charge in [-0.3, -0.25) is 4.90 Å². The summed E-state index contributed by atoms with van der Waals surface area (Å²) in [4.78, 5) is 3.00. The molecule has 0 aromatic rings. The van der Waals surface area contributed by atoms with Crippen LogP contribution in [0.3, 0.4) is 0 Å². The van der Waals surface area contributed by atoms with Gasteiger partial charge in [-0.1, -0.05) is 27.2 Å². The average molecular weight is 278 g/mol. The van der Waals surface area contributed by atoms with E-state index in [-0.39, 0.29) is 0 Å². The number of rotatable bonds is 3. The van der Waals surface area contributed by atoms with Crippen molar-refractivity contribution in [3.63, 3.8) is 0 Å². The summed E-state index contributed by atoms with van der Waals surface area (Å²) in [6.45, 7) is 8.34. The van der Waals surface area contributed by atoms with Crippen LogP contribution in [0.15, 0.2) is 0 Å². The van der Waals surface area contributed by atoms with E-state index in [9.17, 15) is 0 Å². The molecule has 0 amide bonds. The number of piperidine rings is 2. The van der Waals surface area contributed by atoms with E-state index in [4.69, 9.17) is 0 Å². The fourth-order valence-corrected chi connectivity index (χ4v) is 5.26. The van der Waals surface area contributed by atoms with Gasteiger partial charge in [-0.25, -0.2) is 0 Å². The van der Waals surface area contributed by atoms with Crippen molar-refractivity contribution in [3.8, 4) is 0 Å². The minimum atomic E-state index is 0.798. The number of hydrogen-bond acceptors (Lipinski definition) is 2. The van der Waals surface area contributed by atoms with Crippen LogP contribution in [0, 0.1) is 11.8 Å². The molecule has 0 radical (unpaired) electrons. The van der Waals surface area contributed by atoms with Crippen molar-refractivity contribution >= 4 is 0 Å². The Morgan fingerprint density at radius 2 is 1.50 bits per heavy atom. The van der Waals surface area contributed by atoms with Gasteiger partial charge < -0.3 is 5.32 Å². The zero-order valence-corrected chi connectivity index (χ0v) is 13.8. The van der Waals surface area contributed by atoms with Gasteiger partial charge in [-0.2, -0.15) is 0 Å². The number of nitrogens with zero attached hydrogens (tertiary/aromatic N) is 1. The van der Waals surface area contributed by atoms with Gasteiger partial charge in [0.15, 0.2) is 0 Å². The van der Waals surface area contributed by atoms with Crippen molar-refractivity contribution in [1.82, 2.24) is 10.2 Å². The van der Waals surface area contributed by atoms with Crippen LogP contribution in [0.2, 0.25) is 0 Å². The Hall–Kier alpha value is -0.0800. The Labute approximate surface area is 125 Å². The van der Waals surface area contributed by atoms with Gasteiger partial charge in [0, 0.05) is 24.2 Å². The molecule has 1 N–H and O–H groups in total. The SMILES string of the molecule is CCNC1CC2CCCC(C1)N2C1CCC(C)C(C)C1. The molecule has 20 heavy (non-hydrogen) atoms. The van der Waals surface area contributed by atoms with Crippen LogP contribution in [0.1, 0.15) is 72.1 Å².